The molecule has 1 fully saturated rings. The number of guanidine groups is 1. The van der Waals surface area contributed by atoms with Gasteiger partial charge < -0.3 is 25.6 Å². The number of hydrogen-bond donors (Lipinski definition) is 3. The molecule has 1 aromatic rings. The lowest BCUT2D eigenvalue weighted by atomic mass is 10.1. The zero-order chi connectivity index (χ0) is 18.8. The second-order valence-corrected chi connectivity index (χ2v) is 6.42. The summed E-state index contributed by atoms with van der Waals surface area (Å²) in [6, 6.07) is 8.69. The van der Waals surface area contributed by atoms with Gasteiger partial charge in [0.2, 0.25) is 5.91 Å². The first-order valence-electron chi connectivity index (χ1n) is 9.21. The van der Waals surface area contributed by atoms with Gasteiger partial charge in [-0.25, -0.2) is 0 Å². The number of amides is 1. The summed E-state index contributed by atoms with van der Waals surface area (Å²) in [4.78, 5) is 18.4. The highest BCUT2D eigenvalue weighted by molar-refractivity contribution is 5.86. The van der Waals surface area contributed by atoms with E-state index in [1.807, 2.05) is 0 Å². The van der Waals surface area contributed by atoms with Crippen molar-refractivity contribution >= 4 is 17.6 Å². The lowest BCUT2D eigenvalue weighted by Crippen LogP contribution is -2.44. The summed E-state index contributed by atoms with van der Waals surface area (Å²) in [5.74, 6) is 0.514. The van der Waals surface area contributed by atoms with Crippen LogP contribution in [0, 0.1) is 0 Å². The monoisotopic (exact) mass is 361 g/mol. The van der Waals surface area contributed by atoms with Crippen molar-refractivity contribution in [3.05, 3.63) is 29.8 Å². The van der Waals surface area contributed by atoms with Crippen molar-refractivity contribution < 1.29 is 9.53 Å². The summed E-state index contributed by atoms with van der Waals surface area (Å²) in [5.41, 5.74) is 2.47. The molecule has 144 valence electrons. The molecule has 0 saturated carbocycles. The molecule has 26 heavy (non-hydrogen) atoms. The normalized spacial score (nSPS) is 15.7. The van der Waals surface area contributed by atoms with Crippen molar-refractivity contribution in [2.24, 2.45) is 4.99 Å². The fraction of sp³-hybridized carbons (Fsp3) is 0.579. The standard InChI is InChI=1S/C19H31N5O2/c1-15(16-7-6-8-17(13-16)24-10-4-5-11-24)23-19(20-2)22-14-18(25)21-9-12-26-3/h6-8,13,15H,4-5,9-12,14H2,1-3H3,(H,21,25)(H2,20,22,23). The number of benzene rings is 1. The van der Waals surface area contributed by atoms with Gasteiger partial charge in [-0.2, -0.15) is 0 Å². The van der Waals surface area contributed by atoms with Crippen molar-refractivity contribution in [1.82, 2.24) is 16.0 Å². The SMILES string of the molecule is CN=C(NCC(=O)NCCOC)NC(C)c1cccc(N2CCCC2)c1. The molecule has 2 rings (SSSR count). The topological polar surface area (TPSA) is 78.0 Å². The van der Waals surface area contributed by atoms with Gasteiger partial charge in [0, 0.05) is 39.5 Å². The van der Waals surface area contributed by atoms with E-state index in [-0.39, 0.29) is 18.5 Å². The van der Waals surface area contributed by atoms with E-state index in [0.29, 0.717) is 19.1 Å². The molecular formula is C19H31N5O2. The van der Waals surface area contributed by atoms with E-state index < -0.39 is 0 Å². The van der Waals surface area contributed by atoms with Crippen LogP contribution in [0.5, 0.6) is 0 Å². The minimum atomic E-state index is -0.0892. The van der Waals surface area contributed by atoms with Crippen LogP contribution in [0.2, 0.25) is 0 Å². The third kappa shape index (κ3) is 6.22. The predicted molar refractivity (Wildman–Crippen MR) is 106 cm³/mol. The number of nitrogens with zero attached hydrogens (tertiary/aromatic N) is 2. The largest absolute Gasteiger partial charge is 0.383 e. The van der Waals surface area contributed by atoms with Crippen LogP contribution in [0.4, 0.5) is 5.69 Å². The number of aliphatic imine (C=N–C) groups is 1. The van der Waals surface area contributed by atoms with E-state index >= 15 is 0 Å². The maximum Gasteiger partial charge on any atom is 0.239 e. The minimum absolute atomic E-state index is 0.0836. The molecule has 1 aliphatic heterocycles. The fourth-order valence-corrected chi connectivity index (χ4v) is 2.97. The maximum atomic E-state index is 11.8. The van der Waals surface area contributed by atoms with E-state index in [1.54, 1.807) is 14.2 Å². The van der Waals surface area contributed by atoms with Gasteiger partial charge in [-0.15, -0.1) is 0 Å². The molecule has 1 amide bonds. The molecule has 1 aliphatic rings. The molecular weight excluding hydrogens is 330 g/mol. The molecule has 1 saturated heterocycles. The van der Waals surface area contributed by atoms with E-state index in [4.69, 9.17) is 4.74 Å². The first-order chi connectivity index (χ1) is 12.6. The lowest BCUT2D eigenvalue weighted by Gasteiger charge is -2.22. The number of hydrogen-bond acceptors (Lipinski definition) is 4. The summed E-state index contributed by atoms with van der Waals surface area (Å²) in [6.07, 6.45) is 2.53. The smallest absolute Gasteiger partial charge is 0.239 e. The van der Waals surface area contributed by atoms with Crippen LogP contribution in [-0.2, 0) is 9.53 Å². The molecule has 1 atom stereocenters. The Kier molecular flexibility index (Phi) is 8.21. The van der Waals surface area contributed by atoms with Crippen molar-refractivity contribution in [1.29, 1.82) is 0 Å². The molecule has 7 heteroatoms. The highest BCUT2D eigenvalue weighted by Crippen LogP contribution is 2.23. The lowest BCUT2D eigenvalue weighted by molar-refractivity contribution is -0.120. The third-order valence-corrected chi connectivity index (χ3v) is 4.46. The molecule has 1 unspecified atom stereocenters. The number of carbonyl (C=O) groups is 1. The van der Waals surface area contributed by atoms with Crippen LogP contribution < -0.4 is 20.9 Å². The quantitative estimate of drug-likeness (QED) is 0.369. The first kappa shape index (κ1) is 20.0. The fourth-order valence-electron chi connectivity index (χ4n) is 2.97. The summed E-state index contributed by atoms with van der Waals surface area (Å²) < 4.78 is 4.91. The molecule has 1 aromatic carbocycles. The molecule has 0 aromatic heterocycles. The van der Waals surface area contributed by atoms with Crippen LogP contribution in [0.3, 0.4) is 0 Å². The van der Waals surface area contributed by atoms with Gasteiger partial charge in [0.25, 0.3) is 0 Å². The van der Waals surface area contributed by atoms with Crippen molar-refractivity contribution in [2.45, 2.75) is 25.8 Å². The second-order valence-electron chi connectivity index (χ2n) is 6.42. The Morgan fingerprint density at radius 1 is 1.31 bits per heavy atom. The number of ether oxygens (including phenoxy) is 1. The summed E-state index contributed by atoms with van der Waals surface area (Å²) in [6.45, 7) is 5.53. The molecule has 0 radical (unpaired) electrons. The van der Waals surface area contributed by atoms with Crippen LogP contribution >= 0.6 is 0 Å². The average molecular weight is 361 g/mol. The van der Waals surface area contributed by atoms with Gasteiger partial charge in [0.1, 0.15) is 0 Å². The predicted octanol–water partition coefficient (Wildman–Crippen LogP) is 1.28. The maximum absolute atomic E-state index is 11.8. The molecule has 3 N–H and O–H groups in total. The van der Waals surface area contributed by atoms with Gasteiger partial charge >= 0.3 is 0 Å². The summed E-state index contributed by atoms with van der Waals surface area (Å²) >= 11 is 0. The van der Waals surface area contributed by atoms with Crippen molar-refractivity contribution in [3.8, 4) is 0 Å². The van der Waals surface area contributed by atoms with Gasteiger partial charge in [-0.05, 0) is 37.5 Å². The van der Waals surface area contributed by atoms with Gasteiger partial charge in [0.05, 0.1) is 19.2 Å². The second kappa shape index (κ2) is 10.7. The van der Waals surface area contributed by atoms with E-state index in [0.717, 1.165) is 13.1 Å². The highest BCUT2D eigenvalue weighted by atomic mass is 16.5. The number of nitrogens with one attached hydrogen (secondary N) is 3. The zero-order valence-electron chi connectivity index (χ0n) is 16.0. The number of methoxy groups -OCH3 is 1. The van der Waals surface area contributed by atoms with Crippen LogP contribution in [0.25, 0.3) is 0 Å². The van der Waals surface area contributed by atoms with Gasteiger partial charge in [0.15, 0.2) is 5.96 Å². The summed E-state index contributed by atoms with van der Waals surface area (Å²) in [7, 11) is 3.31. The Morgan fingerprint density at radius 3 is 2.77 bits per heavy atom. The Hall–Kier alpha value is -2.28. The van der Waals surface area contributed by atoms with Gasteiger partial charge in [-0.3, -0.25) is 9.79 Å². The Balaban J connectivity index is 1.85. The minimum Gasteiger partial charge on any atom is -0.383 e. The Bertz CT molecular complexity index is 599. The zero-order valence-corrected chi connectivity index (χ0v) is 16.0. The number of carbonyl (C=O) groups excluding carboxylic acids is 1. The first-order valence-corrected chi connectivity index (χ1v) is 9.21. The van der Waals surface area contributed by atoms with Crippen LogP contribution in [0.15, 0.2) is 29.3 Å². The summed E-state index contributed by atoms with van der Waals surface area (Å²) in [5, 5.41) is 9.15. The Labute approximate surface area is 156 Å². The molecule has 1 heterocycles. The molecule has 0 bridgehead atoms. The van der Waals surface area contributed by atoms with Crippen LogP contribution in [-0.4, -0.2) is 58.8 Å². The number of anilines is 1. The van der Waals surface area contributed by atoms with Crippen LogP contribution in [0.1, 0.15) is 31.4 Å². The molecule has 0 spiro atoms. The van der Waals surface area contributed by atoms with Crippen molar-refractivity contribution in [2.75, 3.05) is 51.8 Å². The van der Waals surface area contributed by atoms with Gasteiger partial charge in [-0.1, -0.05) is 12.1 Å². The third-order valence-electron chi connectivity index (χ3n) is 4.46. The number of rotatable bonds is 8. The molecule has 7 nitrogen and oxygen atoms in total. The Morgan fingerprint density at radius 2 is 2.08 bits per heavy atom. The highest BCUT2D eigenvalue weighted by Gasteiger charge is 2.14. The molecule has 0 aliphatic carbocycles. The van der Waals surface area contributed by atoms with E-state index in [1.165, 1.54) is 24.1 Å². The van der Waals surface area contributed by atoms with E-state index in [9.17, 15) is 4.79 Å². The van der Waals surface area contributed by atoms with E-state index in [2.05, 4.69) is 57.0 Å². The van der Waals surface area contributed by atoms with Crippen molar-refractivity contribution in [3.63, 3.8) is 0 Å². The average Bonchev–Trinajstić information content (AvgIpc) is 3.20.